The quantitative estimate of drug-likeness (QED) is 0.199. The van der Waals surface area contributed by atoms with Crippen molar-refractivity contribution in [1.29, 1.82) is 0 Å². The maximum Gasteiger partial charge on any atom is 0.163 e. The van der Waals surface area contributed by atoms with Gasteiger partial charge < -0.3 is 8.82 Å². The summed E-state index contributed by atoms with van der Waals surface area (Å²) in [5.74, 6) is 0.651. The second-order valence-corrected chi connectivity index (χ2v) is 12.4. The fraction of sp³-hybridized carbons (Fsp3) is 0. The minimum Gasteiger partial charge on any atom is -0.456 e. The van der Waals surface area contributed by atoms with Gasteiger partial charge in [-0.2, -0.15) is 0 Å². The fourth-order valence-electron chi connectivity index (χ4n) is 7.76. The van der Waals surface area contributed by atoms with Crippen LogP contribution in [0.25, 0.3) is 105 Å². The smallest absolute Gasteiger partial charge is 0.163 e. The van der Waals surface area contributed by atoms with Gasteiger partial charge in [0.05, 0.1) is 27.6 Å². The molecule has 5 aromatic heterocycles. The highest BCUT2D eigenvalue weighted by molar-refractivity contribution is 6.31. The Labute approximate surface area is 273 Å². The average molecular weight is 613 g/mol. The maximum atomic E-state index is 6.52. The minimum absolute atomic E-state index is 0.651. The van der Waals surface area contributed by atoms with E-state index >= 15 is 0 Å². The van der Waals surface area contributed by atoms with E-state index in [1.54, 1.807) is 6.20 Å². The molecule has 0 aliphatic rings. The molecule has 5 heteroatoms. The Morgan fingerprint density at radius 1 is 0.458 bits per heavy atom. The third kappa shape index (κ3) is 3.42. The lowest BCUT2D eigenvalue weighted by Crippen LogP contribution is -1.96. The van der Waals surface area contributed by atoms with Crippen molar-refractivity contribution in [2.45, 2.75) is 0 Å². The summed E-state index contributed by atoms with van der Waals surface area (Å²) in [4.78, 5) is 14.6. The molecule has 11 rings (SSSR count). The Bertz CT molecular complexity index is 3050. The van der Waals surface area contributed by atoms with Crippen LogP contribution in [-0.2, 0) is 0 Å². The molecule has 11 aromatic rings. The van der Waals surface area contributed by atoms with Gasteiger partial charge in [-0.3, -0.25) is 0 Å². The lowest BCUT2D eigenvalue weighted by atomic mass is 9.98. The zero-order valence-electron chi connectivity index (χ0n) is 25.6. The predicted molar refractivity (Wildman–Crippen MR) is 196 cm³/mol. The molecule has 0 bridgehead atoms. The van der Waals surface area contributed by atoms with E-state index in [2.05, 4.69) is 119 Å². The first-order valence-electron chi connectivity index (χ1n) is 16.1. The fourth-order valence-corrected chi connectivity index (χ4v) is 7.76. The first kappa shape index (κ1) is 25.6. The topological polar surface area (TPSA) is 56.2 Å². The minimum atomic E-state index is 0.651. The van der Waals surface area contributed by atoms with Gasteiger partial charge in [0, 0.05) is 49.8 Å². The van der Waals surface area contributed by atoms with Crippen LogP contribution in [0.3, 0.4) is 0 Å². The average Bonchev–Trinajstić information content (AvgIpc) is 3.66. The number of furan rings is 1. The first-order chi connectivity index (χ1) is 23.8. The van der Waals surface area contributed by atoms with Crippen LogP contribution in [-0.4, -0.2) is 19.4 Å². The molecule has 6 aromatic carbocycles. The van der Waals surface area contributed by atoms with Gasteiger partial charge >= 0.3 is 0 Å². The maximum absolute atomic E-state index is 6.52. The predicted octanol–water partition coefficient (Wildman–Crippen LogP) is 11.1. The normalized spacial score (nSPS) is 12.2. The van der Waals surface area contributed by atoms with Crippen LogP contribution < -0.4 is 0 Å². The van der Waals surface area contributed by atoms with Crippen molar-refractivity contribution in [1.82, 2.24) is 19.4 Å². The molecule has 0 fully saturated rings. The number of aromatic nitrogens is 4. The molecular formula is C43H24N4O. The molecule has 0 saturated heterocycles. The van der Waals surface area contributed by atoms with Crippen molar-refractivity contribution in [2.24, 2.45) is 0 Å². The highest BCUT2D eigenvalue weighted by Crippen LogP contribution is 2.45. The van der Waals surface area contributed by atoms with E-state index in [-0.39, 0.29) is 0 Å². The second kappa shape index (κ2) is 9.47. The van der Waals surface area contributed by atoms with Crippen LogP contribution in [0.2, 0.25) is 0 Å². The molecular weight excluding hydrogens is 589 g/mol. The third-order valence-corrected chi connectivity index (χ3v) is 9.82. The molecule has 222 valence electrons. The van der Waals surface area contributed by atoms with E-state index in [0.717, 1.165) is 60.8 Å². The number of fused-ring (bicyclic) bond motifs is 6. The Balaban J connectivity index is 1.20. The van der Waals surface area contributed by atoms with Gasteiger partial charge in [-0.15, -0.1) is 0 Å². The summed E-state index contributed by atoms with van der Waals surface area (Å²) in [6.45, 7) is 0. The van der Waals surface area contributed by atoms with Gasteiger partial charge in [0.2, 0.25) is 0 Å². The van der Waals surface area contributed by atoms with Gasteiger partial charge in [0.15, 0.2) is 11.5 Å². The van der Waals surface area contributed by atoms with E-state index in [1.807, 2.05) is 30.3 Å². The second-order valence-electron chi connectivity index (χ2n) is 12.4. The van der Waals surface area contributed by atoms with Crippen molar-refractivity contribution in [3.8, 4) is 33.8 Å². The first-order valence-corrected chi connectivity index (χ1v) is 16.1. The molecule has 0 saturated carbocycles. The van der Waals surface area contributed by atoms with Crippen molar-refractivity contribution in [3.05, 3.63) is 146 Å². The molecule has 0 unspecified atom stereocenters. The van der Waals surface area contributed by atoms with Gasteiger partial charge in [0.25, 0.3) is 0 Å². The number of hydrogen-bond acceptors (Lipinski definition) is 4. The van der Waals surface area contributed by atoms with Crippen molar-refractivity contribution < 1.29 is 4.42 Å². The Morgan fingerprint density at radius 3 is 2.06 bits per heavy atom. The van der Waals surface area contributed by atoms with E-state index in [1.165, 1.54) is 32.6 Å². The summed E-state index contributed by atoms with van der Waals surface area (Å²) in [5.41, 5.74) is 11.1. The number of para-hydroxylation sites is 2. The van der Waals surface area contributed by atoms with Crippen LogP contribution in [0.1, 0.15) is 0 Å². The van der Waals surface area contributed by atoms with Crippen LogP contribution in [0, 0.1) is 0 Å². The van der Waals surface area contributed by atoms with Crippen LogP contribution >= 0.6 is 0 Å². The summed E-state index contributed by atoms with van der Waals surface area (Å²) >= 11 is 0. The molecule has 0 aliphatic carbocycles. The molecule has 0 aliphatic heterocycles. The van der Waals surface area contributed by atoms with Crippen molar-refractivity contribution in [2.75, 3.05) is 0 Å². The summed E-state index contributed by atoms with van der Waals surface area (Å²) in [6.07, 6.45) is 1.78. The highest BCUT2D eigenvalue weighted by Gasteiger charge is 2.22. The Kier molecular flexibility index (Phi) is 5.05. The summed E-state index contributed by atoms with van der Waals surface area (Å²) in [7, 11) is 0. The van der Waals surface area contributed by atoms with Crippen molar-refractivity contribution >= 4 is 71.1 Å². The molecule has 5 nitrogen and oxygen atoms in total. The van der Waals surface area contributed by atoms with Crippen molar-refractivity contribution in [3.63, 3.8) is 0 Å². The van der Waals surface area contributed by atoms with Crippen LogP contribution in [0.15, 0.2) is 150 Å². The standard InChI is InChI=1S/C43H24N4O/c1-2-9-26(10-3-1)39-33-15-8-24-44-43(33)46-42(45-39)27-20-18-25(19-21-27)28-22-23-36-38-37-30(12-7-17-35(37)48-36)32-14-6-13-31-29-11-4-5-16-34(29)47(40(31)32)41(28)38/h1-24H. The third-order valence-electron chi connectivity index (χ3n) is 9.82. The lowest BCUT2D eigenvalue weighted by Gasteiger charge is -2.11. The molecule has 0 N–H and O–H groups in total. The SMILES string of the molecule is c1ccc(-c2nc(-c3ccc(-c4ccc5oc6cccc7c8cccc9c%10ccccc%10n(c4c5c67)c89)cc3)nc3ncccc23)cc1. The zero-order valence-corrected chi connectivity index (χ0v) is 25.6. The van der Waals surface area contributed by atoms with E-state index < -0.39 is 0 Å². The monoisotopic (exact) mass is 612 g/mol. The summed E-state index contributed by atoms with van der Waals surface area (Å²) < 4.78 is 8.99. The summed E-state index contributed by atoms with van der Waals surface area (Å²) in [6, 6.07) is 48.9. The molecule has 48 heavy (non-hydrogen) atoms. The van der Waals surface area contributed by atoms with Gasteiger partial charge in [-0.1, -0.05) is 103 Å². The molecule has 0 radical (unpaired) electrons. The Morgan fingerprint density at radius 2 is 1.17 bits per heavy atom. The van der Waals surface area contributed by atoms with Crippen LogP contribution in [0.4, 0.5) is 0 Å². The molecule has 0 spiro atoms. The zero-order chi connectivity index (χ0) is 31.3. The molecule has 0 atom stereocenters. The Hall–Kier alpha value is -6.59. The number of rotatable bonds is 3. The lowest BCUT2D eigenvalue weighted by molar-refractivity contribution is 0.669. The van der Waals surface area contributed by atoms with E-state index in [0.29, 0.717) is 11.5 Å². The van der Waals surface area contributed by atoms with Crippen LogP contribution in [0.5, 0.6) is 0 Å². The number of benzene rings is 6. The number of pyridine rings is 1. The van der Waals surface area contributed by atoms with Gasteiger partial charge in [-0.25, -0.2) is 15.0 Å². The summed E-state index contributed by atoms with van der Waals surface area (Å²) in [5, 5.41) is 8.13. The number of hydrogen-bond donors (Lipinski definition) is 0. The molecule has 0 amide bonds. The molecule has 5 heterocycles. The largest absolute Gasteiger partial charge is 0.456 e. The van der Waals surface area contributed by atoms with Gasteiger partial charge in [0.1, 0.15) is 11.2 Å². The van der Waals surface area contributed by atoms with E-state index in [9.17, 15) is 0 Å². The van der Waals surface area contributed by atoms with E-state index in [4.69, 9.17) is 14.4 Å². The van der Waals surface area contributed by atoms with Gasteiger partial charge in [-0.05, 0) is 47.3 Å². The number of nitrogens with zero attached hydrogens (tertiary/aromatic N) is 4. The highest BCUT2D eigenvalue weighted by atomic mass is 16.3.